The van der Waals surface area contributed by atoms with Crippen molar-refractivity contribution < 1.29 is 36.2 Å². The number of nitrogens with one attached hydrogen (secondary N) is 1. The van der Waals surface area contributed by atoms with E-state index in [1.54, 1.807) is 6.92 Å². The molecule has 0 spiro atoms. The van der Waals surface area contributed by atoms with Crippen molar-refractivity contribution in [3.8, 4) is 5.75 Å². The molecule has 0 aliphatic heterocycles. The van der Waals surface area contributed by atoms with Gasteiger partial charge >= 0.3 is 6.36 Å². The Kier molecular flexibility index (Phi) is 6.69. The van der Waals surface area contributed by atoms with Crippen LogP contribution >= 0.6 is 0 Å². The molecule has 0 saturated heterocycles. The van der Waals surface area contributed by atoms with Crippen LogP contribution in [-0.4, -0.2) is 43.4 Å². The quantitative estimate of drug-likeness (QED) is 0.608. The van der Waals surface area contributed by atoms with Crippen molar-refractivity contribution in [2.24, 2.45) is 0 Å². The Bertz CT molecular complexity index is 975. The van der Waals surface area contributed by atoms with Gasteiger partial charge in [-0.2, -0.15) is 0 Å². The van der Waals surface area contributed by atoms with Gasteiger partial charge in [-0.3, -0.25) is 4.79 Å². The van der Waals surface area contributed by atoms with Gasteiger partial charge in [-0.25, -0.2) is 13.4 Å². The van der Waals surface area contributed by atoms with Crippen LogP contribution in [0.25, 0.3) is 0 Å². The highest BCUT2D eigenvalue weighted by atomic mass is 32.2. The highest BCUT2D eigenvalue weighted by molar-refractivity contribution is 7.91. The minimum Gasteiger partial charge on any atom is -0.406 e. The van der Waals surface area contributed by atoms with Crippen molar-refractivity contribution in [2.45, 2.75) is 35.5 Å². The molecule has 1 atom stereocenters. The first-order valence-corrected chi connectivity index (χ1v) is 9.74. The number of aliphatic hydroxyl groups is 1. The lowest BCUT2D eigenvalue weighted by molar-refractivity contribution is -0.274. The summed E-state index contributed by atoms with van der Waals surface area (Å²) in [5.41, 5.74) is 5.32. The zero-order valence-electron chi connectivity index (χ0n) is 15.1. The third-order valence-electron chi connectivity index (χ3n) is 3.83. The van der Waals surface area contributed by atoms with E-state index in [9.17, 15) is 26.4 Å². The predicted octanol–water partition coefficient (Wildman–Crippen LogP) is 1.90. The number of hydrogen-bond acceptors (Lipinski definition) is 7. The summed E-state index contributed by atoms with van der Waals surface area (Å²) >= 11 is 0. The highest BCUT2D eigenvalue weighted by Crippen LogP contribution is 2.27. The highest BCUT2D eigenvalue weighted by Gasteiger charge is 2.31. The summed E-state index contributed by atoms with van der Waals surface area (Å²) < 4.78 is 65.6. The number of aromatic nitrogens is 1. The van der Waals surface area contributed by atoms with Crippen molar-refractivity contribution in [1.82, 2.24) is 10.3 Å². The molecule has 0 radical (unpaired) electrons. The van der Waals surface area contributed by atoms with Gasteiger partial charge in [-0.15, -0.1) is 13.2 Å². The lowest BCUT2D eigenvalue weighted by atomic mass is 10.2. The molecule has 8 nitrogen and oxygen atoms in total. The van der Waals surface area contributed by atoms with Gasteiger partial charge in [0.25, 0.3) is 5.91 Å². The Balaban J connectivity index is 2.27. The second-order valence-corrected chi connectivity index (χ2v) is 7.84. The second kappa shape index (κ2) is 8.66. The number of pyridine rings is 1. The zero-order valence-corrected chi connectivity index (χ0v) is 15.9. The van der Waals surface area contributed by atoms with Crippen molar-refractivity contribution in [3.05, 3.63) is 42.2 Å². The van der Waals surface area contributed by atoms with Crippen LogP contribution in [0.5, 0.6) is 5.75 Å². The van der Waals surface area contributed by atoms with E-state index in [-0.39, 0.29) is 27.8 Å². The average molecular weight is 433 g/mol. The van der Waals surface area contributed by atoms with E-state index in [1.807, 2.05) is 0 Å². The molecule has 158 valence electrons. The van der Waals surface area contributed by atoms with E-state index in [0.29, 0.717) is 6.42 Å². The van der Waals surface area contributed by atoms with E-state index < -0.39 is 33.9 Å². The molecule has 4 N–H and O–H groups in total. The minimum atomic E-state index is -4.90. The van der Waals surface area contributed by atoms with E-state index in [4.69, 9.17) is 10.8 Å². The lowest BCUT2D eigenvalue weighted by Gasteiger charge is -2.15. The van der Waals surface area contributed by atoms with Gasteiger partial charge in [-0.05, 0) is 36.8 Å². The molecule has 0 saturated carbocycles. The number of rotatable bonds is 7. The molecule has 0 bridgehead atoms. The van der Waals surface area contributed by atoms with E-state index >= 15 is 0 Å². The Labute approximate surface area is 164 Å². The molecular formula is C17H18F3N3O5S. The number of alkyl halides is 3. The third kappa shape index (κ3) is 5.57. The Morgan fingerprint density at radius 2 is 1.90 bits per heavy atom. The number of carbonyl (C=O) groups excluding carboxylic acids is 1. The number of nitrogens with zero attached hydrogens (tertiary/aromatic N) is 1. The topological polar surface area (TPSA) is 132 Å². The molecule has 0 fully saturated rings. The maximum Gasteiger partial charge on any atom is 0.573 e. The van der Waals surface area contributed by atoms with Crippen LogP contribution < -0.4 is 15.8 Å². The first kappa shape index (κ1) is 22.4. The number of sulfone groups is 1. The molecule has 0 aliphatic rings. The second-order valence-electron chi connectivity index (χ2n) is 5.89. The Morgan fingerprint density at radius 3 is 2.38 bits per heavy atom. The maximum absolute atomic E-state index is 12.6. The predicted molar refractivity (Wildman–Crippen MR) is 95.9 cm³/mol. The number of carbonyl (C=O) groups is 1. The molecule has 12 heteroatoms. The van der Waals surface area contributed by atoms with Gasteiger partial charge in [-0.1, -0.05) is 6.92 Å². The van der Waals surface area contributed by atoms with Crippen molar-refractivity contribution in [2.75, 3.05) is 12.3 Å². The summed E-state index contributed by atoms with van der Waals surface area (Å²) in [4.78, 5) is 15.3. The molecule has 1 aromatic carbocycles. The minimum absolute atomic E-state index is 0.214. The van der Waals surface area contributed by atoms with Crippen LogP contribution in [0, 0.1) is 0 Å². The number of anilines is 1. The Hall–Kier alpha value is -2.86. The summed E-state index contributed by atoms with van der Waals surface area (Å²) in [6.07, 6.45) is -3.52. The Morgan fingerprint density at radius 1 is 1.28 bits per heavy atom. The summed E-state index contributed by atoms with van der Waals surface area (Å²) in [5, 5.41) is 11.6. The molecule has 1 aromatic heterocycles. The number of nitrogens with two attached hydrogens (primary N) is 1. The van der Waals surface area contributed by atoms with E-state index in [1.165, 1.54) is 0 Å². The monoisotopic (exact) mass is 433 g/mol. The standard InChI is InChI=1S/C17H18F3N3O5S/c1-2-10(9-24)23-16(25)15-14(21)7-13(8-22-15)29(26,27)12-5-3-11(4-6-12)28-17(18,19)20/h3-8,10,24H,2,9,21H2,1H3,(H,23,25). The molecule has 1 amide bonds. The fourth-order valence-electron chi connectivity index (χ4n) is 2.29. The van der Waals surface area contributed by atoms with Crippen LogP contribution in [0.4, 0.5) is 18.9 Å². The molecule has 0 aliphatic carbocycles. The van der Waals surface area contributed by atoms with Crippen molar-refractivity contribution >= 4 is 21.4 Å². The third-order valence-corrected chi connectivity index (χ3v) is 5.57. The average Bonchev–Trinajstić information content (AvgIpc) is 2.64. The van der Waals surface area contributed by atoms with Crippen LogP contribution in [0.15, 0.2) is 46.3 Å². The van der Waals surface area contributed by atoms with Gasteiger partial charge in [0, 0.05) is 6.20 Å². The van der Waals surface area contributed by atoms with Crippen LogP contribution in [0.2, 0.25) is 0 Å². The number of benzene rings is 1. The maximum atomic E-state index is 12.6. The zero-order chi connectivity index (χ0) is 21.8. The fourth-order valence-corrected chi connectivity index (χ4v) is 3.53. The number of aliphatic hydroxyl groups excluding tert-OH is 1. The van der Waals surface area contributed by atoms with Gasteiger partial charge in [0.15, 0.2) is 5.69 Å². The molecule has 1 heterocycles. The van der Waals surface area contributed by atoms with E-state index in [2.05, 4.69) is 15.0 Å². The van der Waals surface area contributed by atoms with Crippen molar-refractivity contribution in [1.29, 1.82) is 0 Å². The van der Waals surface area contributed by atoms with Gasteiger partial charge in [0.1, 0.15) is 5.75 Å². The smallest absolute Gasteiger partial charge is 0.406 e. The number of amides is 1. The summed E-state index contributed by atoms with van der Waals surface area (Å²) in [6.45, 7) is 1.46. The lowest BCUT2D eigenvalue weighted by Crippen LogP contribution is -2.37. The summed E-state index contributed by atoms with van der Waals surface area (Å²) in [7, 11) is -4.15. The molecule has 1 unspecified atom stereocenters. The summed E-state index contributed by atoms with van der Waals surface area (Å²) in [6, 6.07) is 4.12. The van der Waals surface area contributed by atoms with Gasteiger partial charge in [0.05, 0.1) is 28.1 Å². The molecule has 29 heavy (non-hydrogen) atoms. The first-order valence-electron chi connectivity index (χ1n) is 8.26. The summed E-state index contributed by atoms with van der Waals surface area (Å²) in [5.74, 6) is -1.25. The molecule has 2 aromatic rings. The molecular weight excluding hydrogens is 415 g/mol. The number of ether oxygens (including phenoxy) is 1. The normalized spacial score (nSPS) is 13.0. The SMILES string of the molecule is CCC(CO)NC(=O)c1ncc(S(=O)(=O)c2ccc(OC(F)(F)F)cc2)cc1N. The fraction of sp³-hybridized carbons (Fsp3) is 0.294. The van der Waals surface area contributed by atoms with E-state index in [0.717, 1.165) is 36.5 Å². The molecule has 2 rings (SSSR count). The number of halogens is 3. The first-order chi connectivity index (χ1) is 13.5. The van der Waals surface area contributed by atoms with Gasteiger partial charge in [0.2, 0.25) is 9.84 Å². The van der Waals surface area contributed by atoms with Crippen LogP contribution in [0.1, 0.15) is 23.8 Å². The van der Waals surface area contributed by atoms with Crippen LogP contribution in [0.3, 0.4) is 0 Å². The number of nitrogen functional groups attached to an aromatic ring is 1. The van der Waals surface area contributed by atoms with Crippen molar-refractivity contribution in [3.63, 3.8) is 0 Å². The van der Waals surface area contributed by atoms with Crippen LogP contribution in [-0.2, 0) is 9.84 Å². The largest absolute Gasteiger partial charge is 0.573 e. The van der Waals surface area contributed by atoms with Gasteiger partial charge < -0.3 is 20.9 Å². The number of hydrogen-bond donors (Lipinski definition) is 3.